The van der Waals surface area contributed by atoms with Crippen LogP contribution in [0, 0.1) is 5.82 Å². The van der Waals surface area contributed by atoms with Crippen LogP contribution in [0.25, 0.3) is 0 Å². The highest BCUT2D eigenvalue weighted by atomic mass is 32.2. The Morgan fingerprint density at radius 1 is 1.07 bits per heavy atom. The minimum Gasteiger partial charge on any atom is -0.497 e. The van der Waals surface area contributed by atoms with E-state index in [1.54, 1.807) is 13.2 Å². The molecule has 1 saturated heterocycles. The Labute approximate surface area is 166 Å². The molecule has 6 nitrogen and oxygen atoms in total. The first kappa shape index (κ1) is 20.6. The standard InChI is InChI=1S/C20H26FN3O3S/c1-27-20-7-5-19(6-8-20)24-13-11-23(12-14-24)10-9-22-28(25,26)16-17-3-2-4-18(21)15-17/h2-8,15,22H,9-14,16H2,1H3. The molecule has 3 rings (SSSR count). The van der Waals surface area contributed by atoms with E-state index >= 15 is 0 Å². The van der Waals surface area contributed by atoms with Crippen molar-refractivity contribution in [3.05, 3.63) is 59.9 Å². The first-order chi connectivity index (χ1) is 13.4. The lowest BCUT2D eigenvalue weighted by molar-refractivity contribution is 0.262. The molecule has 152 valence electrons. The number of benzene rings is 2. The summed E-state index contributed by atoms with van der Waals surface area (Å²) < 4.78 is 45.3. The number of piperazine rings is 1. The Bertz CT molecular complexity index is 867. The van der Waals surface area contributed by atoms with Gasteiger partial charge in [-0.1, -0.05) is 12.1 Å². The summed E-state index contributed by atoms with van der Waals surface area (Å²) >= 11 is 0. The van der Waals surface area contributed by atoms with Crippen LogP contribution in [0.1, 0.15) is 5.56 Å². The molecular formula is C20H26FN3O3S. The summed E-state index contributed by atoms with van der Waals surface area (Å²) in [6.45, 7) is 4.53. The van der Waals surface area contributed by atoms with E-state index < -0.39 is 15.8 Å². The van der Waals surface area contributed by atoms with Crippen LogP contribution in [-0.4, -0.2) is 59.7 Å². The third-order valence-corrected chi connectivity index (χ3v) is 6.16. The van der Waals surface area contributed by atoms with Crippen LogP contribution in [0.15, 0.2) is 48.5 Å². The first-order valence-electron chi connectivity index (χ1n) is 9.28. The van der Waals surface area contributed by atoms with Crippen molar-refractivity contribution in [1.29, 1.82) is 0 Å². The fraction of sp³-hybridized carbons (Fsp3) is 0.400. The summed E-state index contributed by atoms with van der Waals surface area (Å²) in [6, 6.07) is 13.7. The van der Waals surface area contributed by atoms with Gasteiger partial charge in [0, 0.05) is 45.0 Å². The van der Waals surface area contributed by atoms with Gasteiger partial charge in [-0.3, -0.25) is 4.90 Å². The number of nitrogens with zero attached hydrogens (tertiary/aromatic N) is 2. The molecule has 1 aliphatic heterocycles. The van der Waals surface area contributed by atoms with Crippen molar-refractivity contribution < 1.29 is 17.5 Å². The number of ether oxygens (including phenoxy) is 1. The topological polar surface area (TPSA) is 61.9 Å². The number of anilines is 1. The summed E-state index contributed by atoms with van der Waals surface area (Å²) in [5.74, 6) is 0.200. The van der Waals surface area contributed by atoms with Gasteiger partial charge in [0.05, 0.1) is 12.9 Å². The molecule has 0 spiro atoms. The van der Waals surface area contributed by atoms with Gasteiger partial charge < -0.3 is 9.64 Å². The SMILES string of the molecule is COc1ccc(N2CCN(CCNS(=O)(=O)Cc3cccc(F)c3)CC2)cc1. The summed E-state index contributed by atoms with van der Waals surface area (Å²) in [5.41, 5.74) is 1.61. The average molecular weight is 408 g/mol. The maximum atomic E-state index is 13.2. The molecule has 0 bridgehead atoms. The maximum Gasteiger partial charge on any atom is 0.215 e. The lowest BCUT2D eigenvalue weighted by Gasteiger charge is -2.36. The zero-order valence-electron chi connectivity index (χ0n) is 16.0. The monoisotopic (exact) mass is 407 g/mol. The molecule has 0 saturated carbocycles. The number of sulfonamides is 1. The summed E-state index contributed by atoms with van der Waals surface area (Å²) in [4.78, 5) is 4.55. The highest BCUT2D eigenvalue weighted by molar-refractivity contribution is 7.88. The van der Waals surface area contributed by atoms with Gasteiger partial charge in [0.15, 0.2) is 0 Å². The summed E-state index contributed by atoms with van der Waals surface area (Å²) in [7, 11) is -1.83. The molecule has 0 aliphatic carbocycles. The summed E-state index contributed by atoms with van der Waals surface area (Å²) in [5, 5.41) is 0. The predicted octanol–water partition coefficient (Wildman–Crippen LogP) is 2.08. The minimum absolute atomic E-state index is 0.212. The molecule has 0 amide bonds. The Kier molecular flexibility index (Phi) is 6.88. The van der Waals surface area contributed by atoms with E-state index in [0.29, 0.717) is 18.7 Å². The number of hydrogen-bond donors (Lipinski definition) is 1. The van der Waals surface area contributed by atoms with Crippen molar-refractivity contribution in [3.8, 4) is 5.75 Å². The van der Waals surface area contributed by atoms with Gasteiger partial charge in [0.1, 0.15) is 11.6 Å². The molecule has 8 heteroatoms. The predicted molar refractivity (Wildman–Crippen MR) is 109 cm³/mol. The second kappa shape index (κ2) is 9.36. The molecule has 28 heavy (non-hydrogen) atoms. The highest BCUT2D eigenvalue weighted by Crippen LogP contribution is 2.20. The number of methoxy groups -OCH3 is 1. The normalized spacial score (nSPS) is 15.6. The van der Waals surface area contributed by atoms with Gasteiger partial charge >= 0.3 is 0 Å². The summed E-state index contributed by atoms with van der Waals surface area (Å²) in [6.07, 6.45) is 0. The van der Waals surface area contributed by atoms with E-state index in [2.05, 4.69) is 26.7 Å². The van der Waals surface area contributed by atoms with Crippen LogP contribution in [0.5, 0.6) is 5.75 Å². The van der Waals surface area contributed by atoms with Crippen LogP contribution in [0.2, 0.25) is 0 Å². The fourth-order valence-corrected chi connectivity index (χ4v) is 4.40. The molecule has 0 atom stereocenters. The van der Waals surface area contributed by atoms with Crippen molar-refractivity contribution in [2.45, 2.75) is 5.75 Å². The van der Waals surface area contributed by atoms with Crippen molar-refractivity contribution >= 4 is 15.7 Å². The van der Waals surface area contributed by atoms with E-state index in [-0.39, 0.29) is 5.75 Å². The van der Waals surface area contributed by atoms with E-state index in [1.165, 1.54) is 18.2 Å². The first-order valence-corrected chi connectivity index (χ1v) is 10.9. The average Bonchev–Trinajstić information content (AvgIpc) is 2.68. The van der Waals surface area contributed by atoms with Crippen molar-refractivity contribution in [3.63, 3.8) is 0 Å². The van der Waals surface area contributed by atoms with Gasteiger partial charge in [-0.05, 0) is 42.0 Å². The Morgan fingerprint density at radius 3 is 2.43 bits per heavy atom. The van der Waals surface area contributed by atoms with E-state index in [9.17, 15) is 12.8 Å². The van der Waals surface area contributed by atoms with Crippen LogP contribution in [0.3, 0.4) is 0 Å². The van der Waals surface area contributed by atoms with Crippen LogP contribution in [0.4, 0.5) is 10.1 Å². The lowest BCUT2D eigenvalue weighted by atomic mass is 10.2. The van der Waals surface area contributed by atoms with Crippen LogP contribution < -0.4 is 14.4 Å². The molecule has 2 aromatic rings. The van der Waals surface area contributed by atoms with Gasteiger partial charge in [-0.25, -0.2) is 17.5 Å². The fourth-order valence-electron chi connectivity index (χ4n) is 3.28. The van der Waals surface area contributed by atoms with Crippen LogP contribution in [-0.2, 0) is 15.8 Å². The number of rotatable bonds is 8. The molecule has 1 heterocycles. The molecule has 1 aliphatic rings. The molecule has 1 N–H and O–H groups in total. The van der Waals surface area contributed by atoms with Gasteiger partial charge in [-0.15, -0.1) is 0 Å². The Morgan fingerprint density at radius 2 is 1.79 bits per heavy atom. The lowest BCUT2D eigenvalue weighted by Crippen LogP contribution is -2.48. The van der Waals surface area contributed by atoms with Crippen molar-refractivity contribution in [2.75, 3.05) is 51.3 Å². The van der Waals surface area contributed by atoms with Crippen LogP contribution >= 0.6 is 0 Å². The second-order valence-corrected chi connectivity index (χ2v) is 8.62. The maximum absolute atomic E-state index is 13.2. The number of halogens is 1. The zero-order chi connectivity index (χ0) is 20.0. The molecule has 1 fully saturated rings. The van der Waals surface area contributed by atoms with E-state index in [0.717, 1.165) is 37.6 Å². The smallest absolute Gasteiger partial charge is 0.215 e. The van der Waals surface area contributed by atoms with E-state index in [1.807, 2.05) is 12.1 Å². The molecule has 0 unspecified atom stereocenters. The third-order valence-electron chi connectivity index (χ3n) is 4.81. The quantitative estimate of drug-likeness (QED) is 0.726. The van der Waals surface area contributed by atoms with Crippen molar-refractivity contribution in [2.24, 2.45) is 0 Å². The largest absolute Gasteiger partial charge is 0.497 e. The molecule has 0 aromatic heterocycles. The van der Waals surface area contributed by atoms with Crippen molar-refractivity contribution in [1.82, 2.24) is 9.62 Å². The molecule has 0 radical (unpaired) electrons. The Hall–Kier alpha value is -2.16. The number of hydrogen-bond acceptors (Lipinski definition) is 5. The Balaban J connectivity index is 1.41. The number of nitrogens with one attached hydrogen (secondary N) is 1. The van der Waals surface area contributed by atoms with Gasteiger partial charge in [-0.2, -0.15) is 0 Å². The van der Waals surface area contributed by atoms with Gasteiger partial charge in [0.25, 0.3) is 0 Å². The molecule has 2 aromatic carbocycles. The van der Waals surface area contributed by atoms with Gasteiger partial charge in [0.2, 0.25) is 10.0 Å². The minimum atomic E-state index is -3.48. The zero-order valence-corrected chi connectivity index (χ0v) is 16.8. The molecular weight excluding hydrogens is 381 g/mol. The third kappa shape index (κ3) is 5.92. The second-order valence-electron chi connectivity index (χ2n) is 6.81. The highest BCUT2D eigenvalue weighted by Gasteiger charge is 2.18. The van der Waals surface area contributed by atoms with E-state index in [4.69, 9.17) is 4.74 Å².